The smallest absolute Gasteiger partial charge is 0.323 e. The van der Waals surface area contributed by atoms with Gasteiger partial charge in [0.05, 0.1) is 17.4 Å². The van der Waals surface area contributed by atoms with E-state index in [1.165, 1.54) is 25.3 Å². The molecule has 0 aromatic heterocycles. The Kier molecular flexibility index (Phi) is 7.66. The van der Waals surface area contributed by atoms with Crippen LogP contribution >= 0.6 is 0 Å². The number of nitrogens with zero attached hydrogens (tertiary/aromatic N) is 1. The number of benzene rings is 2. The molecule has 160 valence electrons. The summed E-state index contributed by atoms with van der Waals surface area (Å²) in [5.74, 6) is -0.724. The number of ether oxygens (including phenoxy) is 2. The topological polar surface area (TPSA) is 108 Å². The maximum Gasteiger partial charge on any atom is 0.323 e. The first-order valence-electron chi connectivity index (χ1n) is 9.46. The molecule has 0 saturated carbocycles. The lowest BCUT2D eigenvalue weighted by Gasteiger charge is -2.18. The number of nitro benzene ring substituents is 1. The maximum atomic E-state index is 12.2. The molecule has 1 N–H and O–H groups in total. The molecule has 30 heavy (non-hydrogen) atoms. The van der Waals surface area contributed by atoms with Gasteiger partial charge in [-0.1, -0.05) is 30.3 Å². The summed E-state index contributed by atoms with van der Waals surface area (Å²) in [5, 5.41) is 14.4. The summed E-state index contributed by atoms with van der Waals surface area (Å²) in [6.45, 7) is 5.17. The van der Waals surface area contributed by atoms with E-state index in [1.807, 2.05) is 30.3 Å². The summed E-state index contributed by atoms with van der Waals surface area (Å²) in [6, 6.07) is 12.8. The monoisotopic (exact) mass is 414 g/mol. The fraction of sp³-hybridized carbons (Fsp3) is 0.364. The number of carbonyl (C=O) groups excluding carboxylic acids is 2. The lowest BCUT2D eigenvalue weighted by atomic mass is 9.97. The fourth-order valence-corrected chi connectivity index (χ4v) is 2.67. The Balaban J connectivity index is 2.22. The van der Waals surface area contributed by atoms with Gasteiger partial charge in [-0.05, 0) is 44.9 Å². The molecular weight excluding hydrogens is 388 g/mol. The van der Waals surface area contributed by atoms with Gasteiger partial charge in [0.25, 0.3) is 5.69 Å². The van der Waals surface area contributed by atoms with Crippen LogP contribution in [0.4, 0.5) is 5.69 Å². The highest BCUT2D eigenvalue weighted by Gasteiger charge is 2.25. The zero-order valence-electron chi connectivity index (χ0n) is 17.5. The van der Waals surface area contributed by atoms with Crippen LogP contribution in [0.5, 0.6) is 5.75 Å². The molecule has 8 nitrogen and oxygen atoms in total. The molecule has 8 heteroatoms. The number of rotatable bonds is 8. The van der Waals surface area contributed by atoms with E-state index in [9.17, 15) is 19.7 Å². The largest absolute Gasteiger partial charge is 0.468 e. The normalized spacial score (nSPS) is 12.1. The van der Waals surface area contributed by atoms with Crippen molar-refractivity contribution in [2.45, 2.75) is 39.8 Å². The molecule has 0 aliphatic carbocycles. The van der Waals surface area contributed by atoms with E-state index in [-0.39, 0.29) is 18.0 Å². The predicted octanol–water partition coefficient (Wildman–Crippen LogP) is 3.42. The van der Waals surface area contributed by atoms with Crippen LogP contribution in [-0.4, -0.2) is 30.0 Å². The molecule has 2 aromatic carbocycles. The number of hydrogen-bond donors (Lipinski definition) is 1. The van der Waals surface area contributed by atoms with Gasteiger partial charge in [-0.3, -0.25) is 25.0 Å². The number of nitrogens with one attached hydrogen (secondary N) is 1. The van der Waals surface area contributed by atoms with Crippen molar-refractivity contribution in [2.24, 2.45) is 5.41 Å². The van der Waals surface area contributed by atoms with Gasteiger partial charge >= 0.3 is 11.9 Å². The second-order valence-corrected chi connectivity index (χ2v) is 7.83. The van der Waals surface area contributed by atoms with Crippen molar-refractivity contribution < 1.29 is 24.0 Å². The number of methoxy groups -OCH3 is 1. The first-order chi connectivity index (χ1) is 14.1. The SMILES string of the molecule is COC(=O)C(Cc1ccccc1)NCc1cc(OC(=O)C(C)(C)C)ccc1[N+](=O)[O-]. The lowest BCUT2D eigenvalue weighted by Crippen LogP contribution is -2.39. The van der Waals surface area contributed by atoms with Gasteiger partial charge in [-0.2, -0.15) is 0 Å². The standard InChI is InChI=1S/C22H26N2O6/c1-22(2,3)21(26)30-17-10-11-19(24(27)28)16(13-17)14-23-18(20(25)29-4)12-15-8-6-5-7-9-15/h5-11,13,18,23H,12,14H2,1-4H3. The maximum absolute atomic E-state index is 12.2. The molecule has 1 atom stereocenters. The van der Waals surface area contributed by atoms with Crippen LogP contribution in [0.3, 0.4) is 0 Å². The summed E-state index contributed by atoms with van der Waals surface area (Å²) < 4.78 is 10.2. The predicted molar refractivity (Wildman–Crippen MR) is 111 cm³/mol. The van der Waals surface area contributed by atoms with Crippen LogP contribution in [0.2, 0.25) is 0 Å². The molecule has 0 spiro atoms. The average Bonchev–Trinajstić information content (AvgIpc) is 2.70. The van der Waals surface area contributed by atoms with Gasteiger partial charge in [0, 0.05) is 18.2 Å². The highest BCUT2D eigenvalue weighted by Crippen LogP contribution is 2.26. The fourth-order valence-electron chi connectivity index (χ4n) is 2.67. The summed E-state index contributed by atoms with van der Waals surface area (Å²) in [7, 11) is 1.29. The van der Waals surface area contributed by atoms with Crippen molar-refractivity contribution in [1.82, 2.24) is 5.32 Å². The van der Waals surface area contributed by atoms with Gasteiger partial charge in [0.15, 0.2) is 0 Å². The molecule has 2 rings (SSSR count). The summed E-state index contributed by atoms with van der Waals surface area (Å²) in [5.41, 5.74) is 0.358. The number of esters is 2. The second kappa shape index (κ2) is 9.98. The van der Waals surface area contributed by atoms with Crippen molar-refractivity contribution in [3.8, 4) is 5.75 Å². The minimum atomic E-state index is -0.716. The molecule has 1 unspecified atom stereocenters. The van der Waals surface area contributed by atoms with E-state index in [4.69, 9.17) is 9.47 Å². The van der Waals surface area contributed by atoms with Crippen molar-refractivity contribution in [2.75, 3.05) is 7.11 Å². The van der Waals surface area contributed by atoms with E-state index in [1.54, 1.807) is 20.8 Å². The molecule has 0 radical (unpaired) electrons. The third-order valence-electron chi connectivity index (χ3n) is 4.38. The zero-order chi connectivity index (χ0) is 22.3. The van der Waals surface area contributed by atoms with E-state index < -0.39 is 28.3 Å². The van der Waals surface area contributed by atoms with Crippen molar-refractivity contribution in [1.29, 1.82) is 0 Å². The third-order valence-corrected chi connectivity index (χ3v) is 4.38. The Bertz CT molecular complexity index is 906. The van der Waals surface area contributed by atoms with E-state index in [2.05, 4.69) is 5.32 Å². The first kappa shape index (κ1) is 23.0. The minimum Gasteiger partial charge on any atom is -0.468 e. The molecule has 0 aliphatic rings. The number of carbonyl (C=O) groups is 2. The van der Waals surface area contributed by atoms with Crippen LogP contribution in [0.25, 0.3) is 0 Å². The van der Waals surface area contributed by atoms with Crippen molar-refractivity contribution >= 4 is 17.6 Å². The first-order valence-corrected chi connectivity index (χ1v) is 9.46. The van der Waals surface area contributed by atoms with Gasteiger partial charge in [-0.15, -0.1) is 0 Å². The zero-order valence-corrected chi connectivity index (χ0v) is 17.5. The van der Waals surface area contributed by atoms with Crippen LogP contribution in [0.1, 0.15) is 31.9 Å². The molecule has 0 amide bonds. The van der Waals surface area contributed by atoms with Gasteiger partial charge in [0.1, 0.15) is 11.8 Å². The summed E-state index contributed by atoms with van der Waals surface area (Å²) >= 11 is 0. The van der Waals surface area contributed by atoms with Crippen LogP contribution < -0.4 is 10.1 Å². The van der Waals surface area contributed by atoms with Gasteiger partial charge in [0.2, 0.25) is 0 Å². The Labute approximate surface area is 175 Å². The highest BCUT2D eigenvalue weighted by atomic mass is 16.6. The number of nitro groups is 1. The van der Waals surface area contributed by atoms with Crippen LogP contribution in [0.15, 0.2) is 48.5 Å². The third kappa shape index (κ3) is 6.38. The molecule has 0 saturated heterocycles. The van der Waals surface area contributed by atoms with E-state index in [0.29, 0.717) is 12.0 Å². The Morgan fingerprint density at radius 2 is 1.80 bits per heavy atom. The van der Waals surface area contributed by atoms with E-state index >= 15 is 0 Å². The van der Waals surface area contributed by atoms with E-state index in [0.717, 1.165) is 5.56 Å². The molecule has 0 fully saturated rings. The Morgan fingerprint density at radius 1 is 1.13 bits per heavy atom. The molecular formula is C22H26N2O6. The average molecular weight is 414 g/mol. The highest BCUT2D eigenvalue weighted by molar-refractivity contribution is 5.78. The van der Waals surface area contributed by atoms with Crippen molar-refractivity contribution in [3.05, 3.63) is 69.8 Å². The minimum absolute atomic E-state index is 0.0177. The lowest BCUT2D eigenvalue weighted by molar-refractivity contribution is -0.385. The van der Waals surface area contributed by atoms with Gasteiger partial charge < -0.3 is 9.47 Å². The quantitative estimate of drug-likeness (QED) is 0.305. The van der Waals surface area contributed by atoms with Crippen LogP contribution in [-0.2, 0) is 27.3 Å². The number of hydrogen-bond acceptors (Lipinski definition) is 7. The Morgan fingerprint density at radius 3 is 2.37 bits per heavy atom. The molecule has 2 aromatic rings. The molecule has 0 bridgehead atoms. The summed E-state index contributed by atoms with van der Waals surface area (Å²) in [6.07, 6.45) is 0.361. The molecule has 0 aliphatic heterocycles. The second-order valence-electron chi connectivity index (χ2n) is 7.83. The van der Waals surface area contributed by atoms with Crippen molar-refractivity contribution in [3.63, 3.8) is 0 Å². The summed E-state index contributed by atoms with van der Waals surface area (Å²) in [4.78, 5) is 35.2. The Hall–Kier alpha value is -3.26. The van der Waals surface area contributed by atoms with Gasteiger partial charge in [-0.25, -0.2) is 0 Å². The molecule has 0 heterocycles. The van der Waals surface area contributed by atoms with Crippen LogP contribution in [0, 0.1) is 15.5 Å².